The average Bonchev–Trinajstić information content (AvgIpc) is 3.13. The molecule has 0 radical (unpaired) electrons. The van der Waals surface area contributed by atoms with Crippen LogP contribution in [-0.4, -0.2) is 48.9 Å². The highest BCUT2D eigenvalue weighted by molar-refractivity contribution is 5.76. The number of nitrogens with one attached hydrogen (secondary N) is 1. The van der Waals surface area contributed by atoms with Crippen LogP contribution in [0.25, 0.3) is 11.2 Å². The summed E-state index contributed by atoms with van der Waals surface area (Å²) in [6.07, 6.45) is 2.16. The maximum Gasteiger partial charge on any atom is 0.281 e. The highest BCUT2D eigenvalue weighted by Gasteiger charge is 2.26. The van der Waals surface area contributed by atoms with Crippen LogP contribution in [0.4, 0.5) is 0 Å². The Labute approximate surface area is 181 Å². The topological polar surface area (TPSA) is 96.8 Å². The first-order chi connectivity index (χ1) is 14.8. The van der Waals surface area contributed by atoms with E-state index in [4.69, 9.17) is 4.98 Å². The van der Waals surface area contributed by atoms with E-state index in [0.29, 0.717) is 43.4 Å². The Morgan fingerprint density at radius 3 is 2.68 bits per heavy atom. The molecule has 1 saturated heterocycles. The van der Waals surface area contributed by atoms with E-state index in [0.717, 1.165) is 24.0 Å². The van der Waals surface area contributed by atoms with Gasteiger partial charge in [-0.3, -0.25) is 9.59 Å². The van der Waals surface area contributed by atoms with Crippen LogP contribution < -0.4 is 5.56 Å². The number of nitrogens with zero attached hydrogens (tertiary/aromatic N) is 5. The number of benzene rings is 1. The number of aryl methyl sites for hydroxylation is 2. The molecule has 1 N–H and O–H groups in total. The molecule has 0 spiro atoms. The number of hydrogen-bond acceptors (Lipinski definition) is 5. The van der Waals surface area contributed by atoms with Crippen molar-refractivity contribution in [3.05, 3.63) is 51.1 Å². The van der Waals surface area contributed by atoms with Gasteiger partial charge >= 0.3 is 0 Å². The number of carbonyl (C=O) groups excluding carboxylic acids is 1. The smallest absolute Gasteiger partial charge is 0.281 e. The molecule has 3 aromatic rings. The van der Waals surface area contributed by atoms with Gasteiger partial charge in [-0.2, -0.15) is 0 Å². The summed E-state index contributed by atoms with van der Waals surface area (Å²) < 4.78 is 1.71. The predicted molar refractivity (Wildman–Crippen MR) is 119 cm³/mol. The van der Waals surface area contributed by atoms with E-state index < -0.39 is 0 Å². The van der Waals surface area contributed by atoms with Gasteiger partial charge in [0.2, 0.25) is 5.91 Å². The zero-order valence-corrected chi connectivity index (χ0v) is 18.7. The maximum atomic E-state index is 12.6. The molecule has 3 heterocycles. The van der Waals surface area contributed by atoms with Crippen LogP contribution in [0.5, 0.6) is 0 Å². The summed E-state index contributed by atoms with van der Waals surface area (Å²) in [5, 5.41) is 8.27. The molecule has 2 aromatic heterocycles. The maximum absolute atomic E-state index is 12.6. The first-order valence-corrected chi connectivity index (χ1v) is 11.0. The second kappa shape index (κ2) is 8.61. The number of fused-ring (bicyclic) bond motifs is 1. The Kier molecular flexibility index (Phi) is 5.89. The molecule has 4 rings (SSSR count). The summed E-state index contributed by atoms with van der Waals surface area (Å²) in [4.78, 5) is 34.6. The molecule has 1 amide bonds. The van der Waals surface area contributed by atoms with Gasteiger partial charge in [0.25, 0.3) is 5.56 Å². The van der Waals surface area contributed by atoms with Gasteiger partial charge in [0, 0.05) is 25.4 Å². The monoisotopic (exact) mass is 422 g/mol. The SMILES string of the molecule is Cc1ccc(C)c(Cn2nnc3c(=O)[nH]c(C4CCN(C(=O)CC(C)C)CC4)nc32)c1. The Morgan fingerprint density at radius 2 is 1.97 bits per heavy atom. The highest BCUT2D eigenvalue weighted by atomic mass is 16.2. The number of likely N-dealkylation sites (tertiary alicyclic amines) is 1. The summed E-state index contributed by atoms with van der Waals surface area (Å²) in [5.74, 6) is 1.35. The lowest BCUT2D eigenvalue weighted by Gasteiger charge is -2.32. The van der Waals surface area contributed by atoms with Gasteiger partial charge in [-0.15, -0.1) is 5.10 Å². The van der Waals surface area contributed by atoms with Gasteiger partial charge < -0.3 is 9.88 Å². The minimum absolute atomic E-state index is 0.115. The largest absolute Gasteiger partial charge is 0.343 e. The van der Waals surface area contributed by atoms with E-state index >= 15 is 0 Å². The highest BCUT2D eigenvalue weighted by Crippen LogP contribution is 2.26. The van der Waals surface area contributed by atoms with Crippen molar-refractivity contribution in [1.29, 1.82) is 0 Å². The van der Waals surface area contributed by atoms with Crippen LogP contribution in [0.2, 0.25) is 0 Å². The number of hydrogen-bond donors (Lipinski definition) is 1. The van der Waals surface area contributed by atoms with E-state index in [2.05, 4.69) is 61.2 Å². The van der Waals surface area contributed by atoms with Crippen LogP contribution in [0.1, 0.15) is 61.5 Å². The third-order valence-electron chi connectivity index (χ3n) is 6.03. The normalized spacial score (nSPS) is 15.2. The van der Waals surface area contributed by atoms with Crippen molar-refractivity contribution in [2.45, 2.75) is 59.4 Å². The van der Waals surface area contributed by atoms with Crippen molar-refractivity contribution in [1.82, 2.24) is 29.9 Å². The Morgan fingerprint density at radius 1 is 1.23 bits per heavy atom. The second-order valence-corrected chi connectivity index (χ2v) is 9.05. The lowest BCUT2D eigenvalue weighted by Crippen LogP contribution is -2.38. The number of piperidine rings is 1. The van der Waals surface area contributed by atoms with Crippen LogP contribution >= 0.6 is 0 Å². The number of amides is 1. The Bertz CT molecular complexity index is 1150. The molecule has 0 unspecified atom stereocenters. The molecular formula is C23H30N6O2. The van der Waals surface area contributed by atoms with Crippen LogP contribution in [0.3, 0.4) is 0 Å². The van der Waals surface area contributed by atoms with E-state index in [1.165, 1.54) is 5.56 Å². The van der Waals surface area contributed by atoms with Crippen molar-refractivity contribution in [3.63, 3.8) is 0 Å². The molecule has 1 aromatic carbocycles. The number of aromatic nitrogens is 5. The number of rotatable bonds is 5. The quantitative estimate of drug-likeness (QED) is 0.682. The summed E-state index contributed by atoms with van der Waals surface area (Å²) in [6, 6.07) is 6.29. The molecule has 0 aliphatic carbocycles. The predicted octanol–water partition coefficient (Wildman–Crippen LogP) is 2.93. The lowest BCUT2D eigenvalue weighted by atomic mass is 9.95. The number of H-pyrrole nitrogens is 1. The van der Waals surface area contributed by atoms with Gasteiger partial charge in [0.15, 0.2) is 11.2 Å². The molecule has 31 heavy (non-hydrogen) atoms. The minimum Gasteiger partial charge on any atom is -0.343 e. The van der Waals surface area contributed by atoms with Crippen molar-refractivity contribution < 1.29 is 4.79 Å². The van der Waals surface area contributed by atoms with Gasteiger partial charge in [-0.1, -0.05) is 42.8 Å². The number of aromatic amines is 1. The van der Waals surface area contributed by atoms with Gasteiger partial charge in [0.05, 0.1) is 6.54 Å². The molecule has 1 aliphatic heterocycles. The Hall–Kier alpha value is -3.03. The standard InChI is InChI=1S/C23H30N6O2/c1-14(2)11-19(30)28-9-7-17(8-10-28)21-24-22-20(23(31)25-21)26-27-29(22)13-18-12-15(3)5-6-16(18)4/h5-6,12,14,17H,7-11,13H2,1-4H3,(H,24,25,31). The van der Waals surface area contributed by atoms with E-state index in [9.17, 15) is 9.59 Å². The van der Waals surface area contributed by atoms with Gasteiger partial charge in [-0.05, 0) is 43.7 Å². The van der Waals surface area contributed by atoms with Gasteiger partial charge in [0.1, 0.15) is 5.82 Å². The first-order valence-electron chi connectivity index (χ1n) is 11.0. The fraction of sp³-hybridized carbons (Fsp3) is 0.522. The third kappa shape index (κ3) is 4.52. The average molecular weight is 423 g/mol. The summed E-state index contributed by atoms with van der Waals surface area (Å²) in [7, 11) is 0. The van der Waals surface area contributed by atoms with Crippen LogP contribution in [0.15, 0.2) is 23.0 Å². The second-order valence-electron chi connectivity index (χ2n) is 9.05. The van der Waals surface area contributed by atoms with E-state index in [1.807, 2.05) is 4.90 Å². The van der Waals surface area contributed by atoms with Crippen molar-refractivity contribution in [2.75, 3.05) is 13.1 Å². The molecule has 1 aliphatic rings. The molecule has 0 bridgehead atoms. The molecule has 0 saturated carbocycles. The lowest BCUT2D eigenvalue weighted by molar-refractivity contribution is -0.133. The molecule has 8 heteroatoms. The zero-order valence-electron chi connectivity index (χ0n) is 18.7. The fourth-order valence-electron chi connectivity index (χ4n) is 4.20. The summed E-state index contributed by atoms with van der Waals surface area (Å²) >= 11 is 0. The van der Waals surface area contributed by atoms with E-state index in [-0.39, 0.29) is 22.9 Å². The van der Waals surface area contributed by atoms with Crippen LogP contribution in [-0.2, 0) is 11.3 Å². The zero-order chi connectivity index (χ0) is 22.1. The van der Waals surface area contributed by atoms with Crippen molar-refractivity contribution in [2.24, 2.45) is 5.92 Å². The molecular weight excluding hydrogens is 392 g/mol. The third-order valence-corrected chi connectivity index (χ3v) is 6.03. The van der Waals surface area contributed by atoms with Gasteiger partial charge in [-0.25, -0.2) is 9.67 Å². The summed E-state index contributed by atoms with van der Waals surface area (Å²) in [5.41, 5.74) is 3.99. The molecule has 1 fully saturated rings. The van der Waals surface area contributed by atoms with Crippen molar-refractivity contribution >= 4 is 17.1 Å². The summed E-state index contributed by atoms with van der Waals surface area (Å²) in [6.45, 7) is 10.1. The van der Waals surface area contributed by atoms with E-state index in [1.54, 1.807) is 4.68 Å². The number of carbonyl (C=O) groups is 1. The molecule has 0 atom stereocenters. The minimum atomic E-state index is -0.259. The van der Waals surface area contributed by atoms with Crippen molar-refractivity contribution in [3.8, 4) is 0 Å². The van der Waals surface area contributed by atoms with Crippen LogP contribution in [0, 0.1) is 19.8 Å². The molecule has 8 nitrogen and oxygen atoms in total. The fourth-order valence-corrected chi connectivity index (χ4v) is 4.20. The first kappa shape index (κ1) is 21.2. The molecule has 164 valence electrons. The Balaban J connectivity index is 1.56.